The van der Waals surface area contributed by atoms with Gasteiger partial charge in [-0.25, -0.2) is 4.99 Å². The van der Waals surface area contributed by atoms with Crippen molar-refractivity contribution in [2.75, 3.05) is 33.9 Å². The van der Waals surface area contributed by atoms with Crippen molar-refractivity contribution >= 4 is 41.3 Å². The maximum atomic E-state index is 5.39. The van der Waals surface area contributed by atoms with Crippen LogP contribution in [0, 0.1) is 6.92 Å². The standard InChI is InChI=1S/C22H32N4O2S.HI/c1-5-23-22(24-13-21-7-6-16(2)29-21)25-18-8-9-26(15-18)14-17-10-19(27-3)12-20(11-17)28-4;/h6-7,10-12,18H,5,8-9,13-15H2,1-4H3,(H2,23,24,25);1H. The Labute approximate surface area is 201 Å². The monoisotopic (exact) mass is 544 g/mol. The van der Waals surface area contributed by atoms with Crippen LogP contribution >= 0.6 is 35.3 Å². The van der Waals surface area contributed by atoms with Crippen LogP contribution in [0.15, 0.2) is 35.3 Å². The van der Waals surface area contributed by atoms with E-state index in [1.165, 1.54) is 15.3 Å². The molecular formula is C22H33IN4O2S. The van der Waals surface area contributed by atoms with Gasteiger partial charge < -0.3 is 20.1 Å². The summed E-state index contributed by atoms with van der Waals surface area (Å²) < 4.78 is 10.8. The summed E-state index contributed by atoms with van der Waals surface area (Å²) >= 11 is 1.81. The number of likely N-dealkylation sites (tertiary alicyclic amines) is 1. The lowest BCUT2D eigenvalue weighted by Crippen LogP contribution is -2.44. The molecule has 1 aromatic carbocycles. The fraction of sp³-hybridized carbons (Fsp3) is 0.500. The number of rotatable bonds is 8. The summed E-state index contributed by atoms with van der Waals surface area (Å²) in [5.74, 6) is 2.56. The number of ether oxygens (including phenoxy) is 2. The molecule has 30 heavy (non-hydrogen) atoms. The van der Waals surface area contributed by atoms with Gasteiger partial charge in [0.05, 0.1) is 20.8 Å². The molecule has 1 fully saturated rings. The van der Waals surface area contributed by atoms with Crippen LogP contribution in [0.1, 0.15) is 28.7 Å². The molecule has 1 aliphatic heterocycles. The Balaban J connectivity index is 0.00000320. The number of nitrogens with one attached hydrogen (secondary N) is 2. The Hall–Kier alpha value is -1.52. The van der Waals surface area contributed by atoms with Gasteiger partial charge in [-0.15, -0.1) is 35.3 Å². The molecule has 1 atom stereocenters. The molecule has 0 spiro atoms. The Morgan fingerprint density at radius 1 is 1.20 bits per heavy atom. The summed E-state index contributed by atoms with van der Waals surface area (Å²) in [5, 5.41) is 6.98. The minimum absolute atomic E-state index is 0. The first-order chi connectivity index (χ1) is 14.1. The third-order valence-electron chi connectivity index (χ3n) is 4.96. The second-order valence-electron chi connectivity index (χ2n) is 7.29. The first kappa shape index (κ1) is 24.7. The second-order valence-corrected chi connectivity index (χ2v) is 8.67. The molecule has 0 amide bonds. The Morgan fingerprint density at radius 3 is 2.53 bits per heavy atom. The van der Waals surface area contributed by atoms with Crippen molar-refractivity contribution in [1.29, 1.82) is 0 Å². The number of hydrogen-bond donors (Lipinski definition) is 2. The number of thiophene rings is 1. The number of methoxy groups -OCH3 is 2. The smallest absolute Gasteiger partial charge is 0.191 e. The number of aliphatic imine (C=N–C) groups is 1. The zero-order valence-electron chi connectivity index (χ0n) is 18.2. The highest BCUT2D eigenvalue weighted by Crippen LogP contribution is 2.24. The van der Waals surface area contributed by atoms with E-state index in [0.717, 1.165) is 50.1 Å². The molecule has 0 saturated carbocycles. The van der Waals surface area contributed by atoms with E-state index in [4.69, 9.17) is 14.5 Å². The zero-order chi connectivity index (χ0) is 20.6. The molecule has 2 N–H and O–H groups in total. The Morgan fingerprint density at radius 2 is 1.93 bits per heavy atom. The molecule has 1 aliphatic rings. The van der Waals surface area contributed by atoms with Crippen molar-refractivity contribution in [2.45, 2.75) is 39.4 Å². The quantitative estimate of drug-likeness (QED) is 0.299. The number of guanidine groups is 1. The fourth-order valence-corrected chi connectivity index (χ4v) is 4.37. The molecule has 2 heterocycles. The number of nitrogens with zero attached hydrogens (tertiary/aromatic N) is 2. The van der Waals surface area contributed by atoms with Crippen LogP contribution in [0.25, 0.3) is 0 Å². The van der Waals surface area contributed by atoms with Crippen molar-refractivity contribution < 1.29 is 9.47 Å². The molecule has 0 bridgehead atoms. The maximum absolute atomic E-state index is 5.39. The lowest BCUT2D eigenvalue weighted by atomic mass is 10.2. The van der Waals surface area contributed by atoms with E-state index in [1.54, 1.807) is 25.6 Å². The SMILES string of the molecule is CCNC(=NCc1ccc(C)s1)NC1CCN(Cc2cc(OC)cc(OC)c2)C1.I. The topological polar surface area (TPSA) is 58.1 Å². The Bertz CT molecular complexity index is 805. The average Bonchev–Trinajstić information content (AvgIpc) is 3.34. The van der Waals surface area contributed by atoms with E-state index in [-0.39, 0.29) is 24.0 Å². The van der Waals surface area contributed by atoms with Crippen molar-refractivity contribution in [1.82, 2.24) is 15.5 Å². The van der Waals surface area contributed by atoms with Crippen LogP contribution in [0.4, 0.5) is 0 Å². The van der Waals surface area contributed by atoms with Crippen LogP contribution in [-0.2, 0) is 13.1 Å². The predicted molar refractivity (Wildman–Crippen MR) is 136 cm³/mol. The zero-order valence-corrected chi connectivity index (χ0v) is 21.4. The van der Waals surface area contributed by atoms with Gasteiger partial charge in [-0.3, -0.25) is 4.90 Å². The molecule has 2 aromatic rings. The molecule has 1 saturated heterocycles. The fourth-order valence-electron chi connectivity index (χ4n) is 3.55. The van der Waals surface area contributed by atoms with Gasteiger partial charge in [-0.2, -0.15) is 0 Å². The van der Waals surface area contributed by atoms with Crippen LogP contribution in [0.5, 0.6) is 11.5 Å². The largest absolute Gasteiger partial charge is 0.497 e. The van der Waals surface area contributed by atoms with Crippen molar-refractivity contribution in [2.24, 2.45) is 4.99 Å². The summed E-state index contributed by atoms with van der Waals surface area (Å²) in [7, 11) is 3.38. The number of halogens is 1. The minimum atomic E-state index is 0. The number of aryl methyl sites for hydroxylation is 1. The van der Waals surface area contributed by atoms with E-state index in [0.29, 0.717) is 12.6 Å². The van der Waals surface area contributed by atoms with Crippen LogP contribution in [-0.4, -0.2) is 50.8 Å². The van der Waals surface area contributed by atoms with Gasteiger partial charge in [-0.05, 0) is 50.1 Å². The first-order valence-electron chi connectivity index (χ1n) is 10.1. The highest BCUT2D eigenvalue weighted by molar-refractivity contribution is 14.0. The van der Waals surface area contributed by atoms with Gasteiger partial charge in [0.2, 0.25) is 0 Å². The summed E-state index contributed by atoms with van der Waals surface area (Å²) in [6.45, 7) is 8.73. The van der Waals surface area contributed by atoms with Crippen LogP contribution in [0.3, 0.4) is 0 Å². The van der Waals surface area contributed by atoms with E-state index in [9.17, 15) is 0 Å². The molecule has 3 rings (SSSR count). The Kier molecular flexibility index (Phi) is 10.2. The minimum Gasteiger partial charge on any atom is -0.497 e. The lowest BCUT2D eigenvalue weighted by molar-refractivity contribution is 0.321. The average molecular weight is 545 g/mol. The highest BCUT2D eigenvalue weighted by atomic mass is 127. The summed E-state index contributed by atoms with van der Waals surface area (Å²) in [5.41, 5.74) is 1.20. The van der Waals surface area contributed by atoms with Crippen LogP contribution < -0.4 is 20.1 Å². The van der Waals surface area contributed by atoms with E-state index < -0.39 is 0 Å². The highest BCUT2D eigenvalue weighted by Gasteiger charge is 2.23. The maximum Gasteiger partial charge on any atom is 0.191 e. The third kappa shape index (κ3) is 7.31. The normalized spacial score (nSPS) is 16.8. The van der Waals surface area contributed by atoms with Gasteiger partial charge >= 0.3 is 0 Å². The molecule has 1 unspecified atom stereocenters. The molecule has 0 aliphatic carbocycles. The number of hydrogen-bond acceptors (Lipinski definition) is 5. The van der Waals surface area contributed by atoms with Crippen molar-refractivity contribution in [3.05, 3.63) is 45.6 Å². The first-order valence-corrected chi connectivity index (χ1v) is 11.0. The summed E-state index contributed by atoms with van der Waals surface area (Å²) in [6, 6.07) is 10.8. The van der Waals surface area contributed by atoms with Crippen molar-refractivity contribution in [3.63, 3.8) is 0 Å². The number of benzene rings is 1. The molecular weight excluding hydrogens is 511 g/mol. The van der Waals surface area contributed by atoms with E-state index >= 15 is 0 Å². The van der Waals surface area contributed by atoms with Gasteiger partial charge in [-0.1, -0.05) is 0 Å². The molecule has 1 aromatic heterocycles. The summed E-state index contributed by atoms with van der Waals surface area (Å²) in [6.07, 6.45) is 1.10. The molecule has 0 radical (unpaired) electrons. The molecule has 6 nitrogen and oxygen atoms in total. The van der Waals surface area contributed by atoms with Gasteiger partial charge in [0.1, 0.15) is 11.5 Å². The molecule has 8 heteroatoms. The van der Waals surface area contributed by atoms with E-state index in [2.05, 4.69) is 53.6 Å². The van der Waals surface area contributed by atoms with Gasteiger partial charge in [0.15, 0.2) is 5.96 Å². The third-order valence-corrected chi connectivity index (χ3v) is 5.95. The molecule has 166 valence electrons. The van der Waals surface area contributed by atoms with Gasteiger partial charge in [0, 0.05) is 48.0 Å². The lowest BCUT2D eigenvalue weighted by Gasteiger charge is -2.19. The van der Waals surface area contributed by atoms with Gasteiger partial charge in [0.25, 0.3) is 0 Å². The van der Waals surface area contributed by atoms with E-state index in [1.807, 2.05) is 6.07 Å². The van der Waals surface area contributed by atoms with Crippen molar-refractivity contribution in [3.8, 4) is 11.5 Å². The summed E-state index contributed by atoms with van der Waals surface area (Å²) in [4.78, 5) is 9.84. The second kappa shape index (κ2) is 12.4. The predicted octanol–water partition coefficient (Wildman–Crippen LogP) is 4.02. The van der Waals surface area contributed by atoms with Crippen LogP contribution in [0.2, 0.25) is 0 Å².